The first-order valence-corrected chi connectivity index (χ1v) is 33.0. The fourth-order valence-corrected chi connectivity index (χ4v) is 9.04. The van der Waals surface area contributed by atoms with Gasteiger partial charge in [-0.25, -0.2) is 0 Å². The molecule has 0 amide bonds. The standard InChI is InChI=1S/C73H122O6/c1-4-7-10-13-16-19-22-25-27-29-31-33-35-36-38-39-41-43-45-48-51-54-57-60-63-66-72(75)78-69-70(68-77-71(74)65-62-59-56-53-50-47-24-21-18-15-12-9-6-3)79-73(76)67-64-61-58-55-52-49-46-44-42-40-37-34-32-30-28-26-23-20-17-14-11-8-5-2/h7,9-10,12,16,18-19,21,25,27,30-33,36,38,41,43,47,50,70H,4-6,8,11,13-15,17,20,22-24,26,28-29,34-35,37,39-40,42,44-46,48-49,51-69H2,1-3H3/b10-7-,12-9-,19-16-,21-18-,27-25-,32-30-,33-31-,38-36-,43-41-,50-47-. The highest BCUT2D eigenvalue weighted by Crippen LogP contribution is 2.16. The summed E-state index contributed by atoms with van der Waals surface area (Å²) < 4.78 is 16.9. The molecular weight excluding hydrogens is 973 g/mol. The Hall–Kier alpha value is -4.19. The number of unbranched alkanes of at least 4 members (excludes halogenated alkanes) is 28. The summed E-state index contributed by atoms with van der Waals surface area (Å²) in [7, 11) is 0. The molecule has 0 N–H and O–H groups in total. The summed E-state index contributed by atoms with van der Waals surface area (Å²) in [6.07, 6.45) is 92.1. The van der Waals surface area contributed by atoms with Gasteiger partial charge in [-0.1, -0.05) is 277 Å². The Balaban J connectivity index is 4.37. The summed E-state index contributed by atoms with van der Waals surface area (Å²) in [5, 5.41) is 0. The van der Waals surface area contributed by atoms with Crippen LogP contribution in [0.1, 0.15) is 303 Å². The Labute approximate surface area is 488 Å². The van der Waals surface area contributed by atoms with Crippen LogP contribution in [0.2, 0.25) is 0 Å². The SMILES string of the molecule is CC/C=C\C/C=C\C/C=C\C/C=C\C/C=C\C/C=C\CCCCCCCCC(=O)OCC(COC(=O)CCCCC/C=C\C/C=C\C/C=C\CC)OC(=O)CCCCCCCCCCCCC/C=C\CCCCCCCCCC. The topological polar surface area (TPSA) is 78.9 Å². The summed E-state index contributed by atoms with van der Waals surface area (Å²) in [5.41, 5.74) is 0. The third-order valence-corrected chi connectivity index (χ3v) is 13.9. The van der Waals surface area contributed by atoms with E-state index in [1.54, 1.807) is 0 Å². The lowest BCUT2D eigenvalue weighted by atomic mass is 10.0. The quantitative estimate of drug-likeness (QED) is 0.0261. The van der Waals surface area contributed by atoms with Crippen molar-refractivity contribution in [3.05, 3.63) is 122 Å². The summed E-state index contributed by atoms with van der Waals surface area (Å²) in [5.74, 6) is -0.935. The smallest absolute Gasteiger partial charge is 0.306 e. The van der Waals surface area contributed by atoms with Gasteiger partial charge in [0, 0.05) is 19.3 Å². The Bertz CT molecular complexity index is 1640. The second kappa shape index (κ2) is 66.3. The second-order valence-electron chi connectivity index (χ2n) is 21.6. The minimum absolute atomic E-state index is 0.0974. The Morgan fingerprint density at radius 2 is 0.494 bits per heavy atom. The highest BCUT2D eigenvalue weighted by atomic mass is 16.6. The van der Waals surface area contributed by atoms with Gasteiger partial charge in [0.25, 0.3) is 0 Å². The lowest BCUT2D eigenvalue weighted by molar-refractivity contribution is -0.167. The maximum absolute atomic E-state index is 12.9. The molecule has 0 saturated heterocycles. The molecule has 0 rings (SSSR count). The van der Waals surface area contributed by atoms with Crippen molar-refractivity contribution in [3.63, 3.8) is 0 Å². The van der Waals surface area contributed by atoms with E-state index in [2.05, 4.69) is 142 Å². The second-order valence-corrected chi connectivity index (χ2v) is 21.6. The van der Waals surface area contributed by atoms with Gasteiger partial charge in [-0.15, -0.1) is 0 Å². The molecule has 0 fully saturated rings. The van der Waals surface area contributed by atoms with Gasteiger partial charge in [-0.2, -0.15) is 0 Å². The number of rotatable bonds is 59. The fourth-order valence-electron chi connectivity index (χ4n) is 9.04. The van der Waals surface area contributed by atoms with Gasteiger partial charge >= 0.3 is 17.9 Å². The Morgan fingerprint density at radius 1 is 0.266 bits per heavy atom. The zero-order valence-electron chi connectivity index (χ0n) is 51.6. The number of esters is 3. The first-order chi connectivity index (χ1) is 39.0. The van der Waals surface area contributed by atoms with E-state index in [4.69, 9.17) is 14.2 Å². The van der Waals surface area contributed by atoms with Crippen LogP contribution in [0.3, 0.4) is 0 Å². The molecule has 79 heavy (non-hydrogen) atoms. The van der Waals surface area contributed by atoms with Gasteiger partial charge in [-0.05, 0) is 128 Å². The molecule has 0 aromatic carbocycles. The molecule has 0 radical (unpaired) electrons. The Morgan fingerprint density at radius 3 is 0.797 bits per heavy atom. The molecule has 450 valence electrons. The molecule has 0 aliphatic heterocycles. The predicted molar refractivity (Wildman–Crippen MR) is 343 cm³/mol. The van der Waals surface area contributed by atoms with Crippen molar-refractivity contribution in [1.82, 2.24) is 0 Å². The van der Waals surface area contributed by atoms with Crippen LogP contribution in [-0.2, 0) is 28.6 Å². The van der Waals surface area contributed by atoms with Crippen LogP contribution in [-0.4, -0.2) is 37.2 Å². The third-order valence-electron chi connectivity index (χ3n) is 13.9. The zero-order chi connectivity index (χ0) is 57.1. The van der Waals surface area contributed by atoms with Crippen molar-refractivity contribution >= 4 is 17.9 Å². The summed E-state index contributed by atoms with van der Waals surface area (Å²) in [6.45, 7) is 6.39. The first kappa shape index (κ1) is 74.8. The van der Waals surface area contributed by atoms with E-state index in [9.17, 15) is 14.4 Å². The lowest BCUT2D eigenvalue weighted by Gasteiger charge is -2.18. The molecule has 0 spiro atoms. The molecule has 6 heteroatoms. The van der Waals surface area contributed by atoms with Crippen LogP contribution >= 0.6 is 0 Å². The number of ether oxygens (including phenoxy) is 3. The molecule has 0 heterocycles. The van der Waals surface area contributed by atoms with Crippen molar-refractivity contribution in [2.75, 3.05) is 13.2 Å². The van der Waals surface area contributed by atoms with Crippen LogP contribution in [0.15, 0.2) is 122 Å². The van der Waals surface area contributed by atoms with Gasteiger partial charge in [0.2, 0.25) is 0 Å². The van der Waals surface area contributed by atoms with E-state index in [-0.39, 0.29) is 31.1 Å². The molecule has 0 aromatic heterocycles. The number of hydrogen-bond donors (Lipinski definition) is 0. The van der Waals surface area contributed by atoms with Crippen molar-refractivity contribution in [1.29, 1.82) is 0 Å². The Kier molecular flexibility index (Phi) is 62.8. The van der Waals surface area contributed by atoms with Crippen molar-refractivity contribution in [3.8, 4) is 0 Å². The van der Waals surface area contributed by atoms with Crippen LogP contribution in [0.4, 0.5) is 0 Å². The van der Waals surface area contributed by atoms with E-state index in [0.717, 1.165) is 135 Å². The monoisotopic (exact) mass is 1090 g/mol. The maximum Gasteiger partial charge on any atom is 0.306 e. The molecule has 1 unspecified atom stereocenters. The number of carbonyl (C=O) groups excluding carboxylic acids is 3. The van der Waals surface area contributed by atoms with Crippen LogP contribution in [0, 0.1) is 0 Å². The van der Waals surface area contributed by atoms with Crippen molar-refractivity contribution < 1.29 is 28.6 Å². The average molecular weight is 1100 g/mol. The molecular formula is C73H122O6. The van der Waals surface area contributed by atoms with E-state index in [0.29, 0.717) is 19.3 Å². The number of allylic oxidation sites excluding steroid dienone is 20. The number of carbonyl (C=O) groups is 3. The van der Waals surface area contributed by atoms with Crippen molar-refractivity contribution in [2.24, 2.45) is 0 Å². The van der Waals surface area contributed by atoms with Crippen LogP contribution in [0.5, 0.6) is 0 Å². The molecule has 0 aromatic rings. The molecule has 0 aliphatic carbocycles. The third kappa shape index (κ3) is 64.5. The molecule has 6 nitrogen and oxygen atoms in total. The highest BCUT2D eigenvalue weighted by molar-refractivity contribution is 5.71. The van der Waals surface area contributed by atoms with Gasteiger partial charge in [-0.3, -0.25) is 14.4 Å². The number of hydrogen-bond acceptors (Lipinski definition) is 6. The van der Waals surface area contributed by atoms with E-state index < -0.39 is 6.10 Å². The largest absolute Gasteiger partial charge is 0.462 e. The summed E-state index contributed by atoms with van der Waals surface area (Å²) in [4.78, 5) is 38.3. The molecule has 0 bridgehead atoms. The molecule has 0 saturated carbocycles. The first-order valence-electron chi connectivity index (χ1n) is 33.0. The van der Waals surface area contributed by atoms with E-state index in [1.165, 1.54) is 128 Å². The average Bonchev–Trinajstić information content (AvgIpc) is 3.45. The summed E-state index contributed by atoms with van der Waals surface area (Å²) >= 11 is 0. The summed E-state index contributed by atoms with van der Waals surface area (Å²) in [6, 6.07) is 0. The van der Waals surface area contributed by atoms with E-state index in [1.807, 2.05) is 0 Å². The maximum atomic E-state index is 12.9. The van der Waals surface area contributed by atoms with Gasteiger partial charge in [0.1, 0.15) is 13.2 Å². The lowest BCUT2D eigenvalue weighted by Crippen LogP contribution is -2.30. The minimum atomic E-state index is -0.801. The minimum Gasteiger partial charge on any atom is -0.462 e. The van der Waals surface area contributed by atoms with E-state index >= 15 is 0 Å². The zero-order valence-corrected chi connectivity index (χ0v) is 51.6. The van der Waals surface area contributed by atoms with Gasteiger partial charge in [0.05, 0.1) is 0 Å². The normalized spacial score (nSPS) is 12.9. The highest BCUT2D eigenvalue weighted by Gasteiger charge is 2.19. The fraction of sp³-hybridized carbons (Fsp3) is 0.685. The van der Waals surface area contributed by atoms with Gasteiger partial charge < -0.3 is 14.2 Å². The predicted octanol–water partition coefficient (Wildman–Crippen LogP) is 22.8. The molecule has 0 aliphatic rings. The van der Waals surface area contributed by atoms with Crippen LogP contribution < -0.4 is 0 Å². The molecule has 1 atom stereocenters. The van der Waals surface area contributed by atoms with Gasteiger partial charge in [0.15, 0.2) is 6.10 Å². The van der Waals surface area contributed by atoms with Crippen LogP contribution in [0.25, 0.3) is 0 Å². The van der Waals surface area contributed by atoms with Crippen molar-refractivity contribution in [2.45, 2.75) is 309 Å².